The van der Waals surface area contributed by atoms with Gasteiger partial charge in [0, 0.05) is 20.1 Å². The van der Waals surface area contributed by atoms with Gasteiger partial charge in [-0.25, -0.2) is 8.42 Å². The van der Waals surface area contributed by atoms with E-state index in [-0.39, 0.29) is 10.0 Å². The summed E-state index contributed by atoms with van der Waals surface area (Å²) in [6.07, 6.45) is 0. The molecule has 0 fully saturated rings. The van der Waals surface area contributed by atoms with Crippen LogP contribution in [-0.4, -0.2) is 13.9 Å². The number of alkyl halides is 3. The van der Waals surface area contributed by atoms with Gasteiger partial charge in [0.2, 0.25) is 0 Å². The molecule has 0 aliphatic heterocycles. The topological polar surface area (TPSA) is 57.9 Å². The smallest absolute Gasteiger partial charge is 0.207 e. The first-order valence-electron chi connectivity index (χ1n) is 3.98. The maximum atomic E-state index is 12.3. The molecule has 0 saturated heterocycles. The number of nitrogens with zero attached hydrogens (tertiary/aromatic N) is 1. The summed E-state index contributed by atoms with van der Waals surface area (Å²) in [4.78, 5) is -1.00. The third-order valence-corrected chi connectivity index (χ3v) is 4.86. The number of hydrogen-bond donors (Lipinski definition) is 0. The van der Waals surface area contributed by atoms with E-state index in [9.17, 15) is 21.6 Å². The Kier molecular flexibility index (Phi) is 4.59. The van der Waals surface area contributed by atoms with Gasteiger partial charge in [0.25, 0.3) is 9.05 Å². The van der Waals surface area contributed by atoms with Crippen LogP contribution in [0.2, 0.25) is 0 Å². The van der Waals surface area contributed by atoms with Crippen LogP contribution in [0, 0.1) is 11.3 Å². The molecule has 0 spiro atoms. The molecule has 0 aliphatic carbocycles. The molecule has 1 aromatic carbocycles. The SMILES string of the molecule is N#Cc1cc(S(=O)(=O)Cl)cc(SC(F)(F)F)c1Br. The van der Waals surface area contributed by atoms with Gasteiger partial charge in [-0.1, -0.05) is 0 Å². The number of benzene rings is 1. The van der Waals surface area contributed by atoms with Gasteiger partial charge in [-0.2, -0.15) is 18.4 Å². The molecule has 1 rings (SSSR count). The van der Waals surface area contributed by atoms with Gasteiger partial charge in [0.1, 0.15) is 6.07 Å². The molecule has 0 saturated carbocycles. The molecule has 0 unspecified atom stereocenters. The van der Waals surface area contributed by atoms with Gasteiger partial charge in [0.05, 0.1) is 10.5 Å². The Bertz CT molecular complexity index is 624. The van der Waals surface area contributed by atoms with Crippen LogP contribution in [0.4, 0.5) is 13.2 Å². The Morgan fingerprint density at radius 1 is 1.39 bits per heavy atom. The number of rotatable bonds is 2. The zero-order chi connectivity index (χ0) is 14.1. The minimum Gasteiger partial charge on any atom is -0.207 e. The quantitative estimate of drug-likeness (QED) is 0.577. The monoisotopic (exact) mass is 379 g/mol. The zero-order valence-corrected chi connectivity index (χ0v) is 12.1. The van der Waals surface area contributed by atoms with Crippen molar-refractivity contribution in [3.63, 3.8) is 0 Å². The summed E-state index contributed by atoms with van der Waals surface area (Å²) in [6, 6.07) is 3.23. The summed E-state index contributed by atoms with van der Waals surface area (Å²) in [5.74, 6) is 0. The summed E-state index contributed by atoms with van der Waals surface area (Å²) in [7, 11) is 0.829. The Labute approximate surface area is 117 Å². The van der Waals surface area contributed by atoms with Crippen LogP contribution in [-0.2, 0) is 9.05 Å². The second-order valence-electron chi connectivity index (χ2n) is 2.88. The lowest BCUT2D eigenvalue weighted by Crippen LogP contribution is -2.01. The van der Waals surface area contributed by atoms with E-state index in [0.717, 1.165) is 12.1 Å². The van der Waals surface area contributed by atoms with Crippen LogP contribution in [0.15, 0.2) is 26.4 Å². The minimum absolute atomic E-state index is 0.128. The van der Waals surface area contributed by atoms with Crippen LogP contribution in [0.3, 0.4) is 0 Å². The Morgan fingerprint density at radius 2 is 1.94 bits per heavy atom. The molecule has 10 heteroatoms. The van der Waals surface area contributed by atoms with Crippen LogP contribution in [0.1, 0.15) is 5.56 Å². The molecular formula is C8H2BrClF3NO2S2. The summed E-state index contributed by atoms with van der Waals surface area (Å²) >= 11 is 2.28. The van der Waals surface area contributed by atoms with Gasteiger partial charge >= 0.3 is 5.51 Å². The molecule has 0 radical (unpaired) electrons. The molecule has 98 valence electrons. The normalized spacial score (nSPS) is 12.2. The van der Waals surface area contributed by atoms with Gasteiger partial charge in [0.15, 0.2) is 0 Å². The lowest BCUT2D eigenvalue weighted by Gasteiger charge is -2.09. The molecule has 0 bridgehead atoms. The minimum atomic E-state index is -4.61. The van der Waals surface area contributed by atoms with Crippen molar-refractivity contribution in [2.24, 2.45) is 0 Å². The van der Waals surface area contributed by atoms with Crippen molar-refractivity contribution >= 4 is 47.4 Å². The van der Waals surface area contributed by atoms with E-state index >= 15 is 0 Å². The van der Waals surface area contributed by atoms with Crippen LogP contribution < -0.4 is 0 Å². The van der Waals surface area contributed by atoms with Crippen molar-refractivity contribution in [2.45, 2.75) is 15.3 Å². The standard InChI is InChI=1S/C8H2BrClF3NO2S2/c9-7-4(3-14)1-5(18(10,15)16)2-6(7)17-8(11,12)13/h1-2H. The maximum Gasteiger partial charge on any atom is 0.446 e. The molecule has 0 aliphatic rings. The molecule has 0 amide bonds. The van der Waals surface area contributed by atoms with Crippen LogP contribution >= 0.6 is 38.4 Å². The molecule has 1 aromatic rings. The molecule has 0 aromatic heterocycles. The Morgan fingerprint density at radius 3 is 2.33 bits per heavy atom. The van der Waals surface area contributed by atoms with Crippen molar-refractivity contribution < 1.29 is 21.6 Å². The van der Waals surface area contributed by atoms with Crippen molar-refractivity contribution in [3.05, 3.63) is 22.2 Å². The highest BCUT2D eigenvalue weighted by molar-refractivity contribution is 9.10. The molecule has 0 atom stereocenters. The molecule has 0 N–H and O–H groups in total. The van der Waals surface area contributed by atoms with E-state index in [4.69, 9.17) is 15.9 Å². The highest BCUT2D eigenvalue weighted by Gasteiger charge is 2.31. The summed E-state index contributed by atoms with van der Waals surface area (Å²) in [5, 5.41) is 8.72. The second kappa shape index (κ2) is 5.28. The van der Waals surface area contributed by atoms with E-state index in [1.807, 2.05) is 0 Å². The van der Waals surface area contributed by atoms with Crippen LogP contribution in [0.25, 0.3) is 0 Å². The van der Waals surface area contributed by atoms with Crippen molar-refractivity contribution in [1.82, 2.24) is 0 Å². The zero-order valence-electron chi connectivity index (χ0n) is 8.12. The first-order valence-corrected chi connectivity index (χ1v) is 7.90. The van der Waals surface area contributed by atoms with E-state index in [1.165, 1.54) is 0 Å². The number of hydrogen-bond acceptors (Lipinski definition) is 4. The number of thioether (sulfide) groups is 1. The van der Waals surface area contributed by atoms with E-state index in [2.05, 4.69) is 15.9 Å². The molecule has 3 nitrogen and oxygen atoms in total. The predicted molar refractivity (Wildman–Crippen MR) is 63.8 cm³/mol. The third kappa shape index (κ3) is 4.05. The average molecular weight is 381 g/mol. The Hall–Kier alpha value is -0.430. The predicted octanol–water partition coefficient (Wildman–Crippen LogP) is 3.86. The first kappa shape index (κ1) is 15.6. The van der Waals surface area contributed by atoms with Gasteiger partial charge in [-0.15, -0.1) is 0 Å². The summed E-state index contributed by atoms with van der Waals surface area (Å²) in [5.41, 5.74) is -4.85. The van der Waals surface area contributed by atoms with E-state index < -0.39 is 36.1 Å². The maximum absolute atomic E-state index is 12.3. The van der Waals surface area contributed by atoms with Crippen molar-refractivity contribution in [2.75, 3.05) is 0 Å². The van der Waals surface area contributed by atoms with Crippen molar-refractivity contribution in [3.8, 4) is 6.07 Å². The highest BCUT2D eigenvalue weighted by atomic mass is 79.9. The largest absolute Gasteiger partial charge is 0.446 e. The first-order chi connectivity index (χ1) is 8.04. The van der Waals surface area contributed by atoms with Gasteiger partial charge < -0.3 is 0 Å². The van der Waals surface area contributed by atoms with Gasteiger partial charge in [-0.3, -0.25) is 0 Å². The number of halogens is 5. The van der Waals surface area contributed by atoms with E-state index in [0.29, 0.717) is 0 Å². The fraction of sp³-hybridized carbons (Fsp3) is 0.125. The third-order valence-electron chi connectivity index (χ3n) is 1.64. The average Bonchev–Trinajstić information content (AvgIpc) is 2.17. The molecular weight excluding hydrogens is 379 g/mol. The Balaban J connectivity index is 3.48. The summed E-state index contributed by atoms with van der Waals surface area (Å²) < 4.78 is 58.8. The summed E-state index contributed by atoms with van der Waals surface area (Å²) in [6.45, 7) is 0. The fourth-order valence-corrected chi connectivity index (χ4v) is 3.05. The highest BCUT2D eigenvalue weighted by Crippen LogP contribution is 2.42. The van der Waals surface area contributed by atoms with Crippen LogP contribution in [0.5, 0.6) is 0 Å². The molecule has 18 heavy (non-hydrogen) atoms. The molecule has 0 heterocycles. The van der Waals surface area contributed by atoms with Gasteiger partial charge in [-0.05, 0) is 39.8 Å². The lowest BCUT2D eigenvalue weighted by atomic mass is 10.2. The fourth-order valence-electron chi connectivity index (χ4n) is 0.994. The van der Waals surface area contributed by atoms with E-state index in [1.54, 1.807) is 6.07 Å². The number of nitriles is 1. The lowest BCUT2D eigenvalue weighted by molar-refractivity contribution is -0.0328. The van der Waals surface area contributed by atoms with Crippen molar-refractivity contribution in [1.29, 1.82) is 5.26 Å². The second-order valence-corrected chi connectivity index (χ2v) is 7.35.